The van der Waals surface area contributed by atoms with E-state index in [1.807, 2.05) is 30.3 Å². The van der Waals surface area contributed by atoms with Crippen molar-refractivity contribution in [3.63, 3.8) is 0 Å². The highest BCUT2D eigenvalue weighted by Crippen LogP contribution is 2.38. The normalized spacial score (nSPS) is 11.7. The largest absolute Gasteiger partial charge is 0.494 e. The number of ether oxygens (including phenoxy) is 2. The highest BCUT2D eigenvalue weighted by atomic mass is 35.5. The number of nitrogens with zero attached hydrogens (tertiary/aromatic N) is 1. The van der Waals surface area contributed by atoms with Crippen LogP contribution in [0, 0.1) is 0 Å². The Balaban J connectivity index is 1.75. The number of methoxy groups -OCH3 is 1. The molecular weight excluding hydrogens is 446 g/mol. The van der Waals surface area contributed by atoms with Crippen LogP contribution < -0.4 is 9.47 Å². The van der Waals surface area contributed by atoms with Gasteiger partial charge in [0.05, 0.1) is 17.3 Å². The molecular formula is C25H22ClNO4S. The third-order valence-corrected chi connectivity index (χ3v) is 7.65. The molecule has 0 aliphatic carbocycles. The number of para-hydroxylation sites is 1. The first-order chi connectivity index (χ1) is 15.3. The van der Waals surface area contributed by atoms with Crippen LogP contribution in [0.2, 0.25) is 5.02 Å². The van der Waals surface area contributed by atoms with Crippen molar-refractivity contribution >= 4 is 32.3 Å². The average Bonchev–Trinajstić information content (AvgIpc) is 2.79. The van der Waals surface area contributed by atoms with Gasteiger partial charge in [-0.15, -0.1) is 0 Å². The van der Waals surface area contributed by atoms with E-state index in [0.717, 1.165) is 22.0 Å². The van der Waals surface area contributed by atoms with Crippen LogP contribution in [-0.2, 0) is 9.84 Å². The monoisotopic (exact) mass is 467 g/mol. The Kier molecular flexibility index (Phi) is 6.09. The lowest BCUT2D eigenvalue weighted by Crippen LogP contribution is -2.13. The van der Waals surface area contributed by atoms with E-state index in [1.54, 1.807) is 57.5 Å². The molecule has 0 fully saturated rings. The van der Waals surface area contributed by atoms with E-state index in [2.05, 4.69) is 4.98 Å². The standard InChI is InChI=1S/C25H22ClNO4S/c1-16(2)32(28,29)19-7-4-6-17(14-19)31-18-10-11-23(26)22(15-18)20-12-13-27-25-21(20)8-5-9-24(25)30-3/h4-16H,1-3H3. The fourth-order valence-corrected chi connectivity index (χ4v) is 4.76. The summed E-state index contributed by atoms with van der Waals surface area (Å²) in [5, 5.41) is 0.941. The van der Waals surface area contributed by atoms with Crippen LogP contribution in [0.5, 0.6) is 17.2 Å². The van der Waals surface area contributed by atoms with Gasteiger partial charge in [0.1, 0.15) is 22.8 Å². The number of hydrogen-bond acceptors (Lipinski definition) is 5. The third-order valence-electron chi connectivity index (χ3n) is 5.17. The van der Waals surface area contributed by atoms with Crippen LogP contribution in [-0.4, -0.2) is 25.8 Å². The molecule has 4 rings (SSSR count). The zero-order chi connectivity index (χ0) is 22.9. The molecule has 0 bridgehead atoms. The van der Waals surface area contributed by atoms with Crippen molar-refractivity contribution in [3.05, 3.63) is 77.9 Å². The second-order valence-electron chi connectivity index (χ2n) is 7.53. The summed E-state index contributed by atoms with van der Waals surface area (Å²) in [7, 11) is -1.79. The zero-order valence-corrected chi connectivity index (χ0v) is 19.4. The van der Waals surface area contributed by atoms with Gasteiger partial charge in [-0.25, -0.2) is 8.42 Å². The summed E-state index contributed by atoms with van der Waals surface area (Å²) in [6.07, 6.45) is 1.71. The summed E-state index contributed by atoms with van der Waals surface area (Å²) in [6.45, 7) is 3.31. The van der Waals surface area contributed by atoms with Crippen LogP contribution in [0.3, 0.4) is 0 Å². The molecule has 3 aromatic carbocycles. The molecule has 5 nitrogen and oxygen atoms in total. The minimum atomic E-state index is -3.40. The first-order valence-corrected chi connectivity index (χ1v) is 12.0. The molecule has 0 radical (unpaired) electrons. The van der Waals surface area contributed by atoms with Crippen LogP contribution in [0.4, 0.5) is 0 Å². The molecule has 164 valence electrons. The van der Waals surface area contributed by atoms with Crippen LogP contribution in [0.15, 0.2) is 77.8 Å². The minimum absolute atomic E-state index is 0.228. The van der Waals surface area contributed by atoms with E-state index < -0.39 is 15.1 Å². The fourth-order valence-electron chi connectivity index (χ4n) is 3.45. The second-order valence-corrected chi connectivity index (χ2v) is 10.4. The van der Waals surface area contributed by atoms with E-state index in [0.29, 0.717) is 22.3 Å². The number of fused-ring (bicyclic) bond motifs is 1. The van der Waals surface area contributed by atoms with Gasteiger partial charge in [0, 0.05) is 22.2 Å². The summed E-state index contributed by atoms with van der Waals surface area (Å²) in [5.74, 6) is 1.65. The molecule has 0 aliphatic heterocycles. The number of pyridine rings is 1. The summed E-state index contributed by atoms with van der Waals surface area (Å²) in [5.41, 5.74) is 2.40. The maximum absolute atomic E-state index is 12.5. The van der Waals surface area contributed by atoms with E-state index >= 15 is 0 Å². The predicted octanol–water partition coefficient (Wildman–Crippen LogP) is 6.54. The molecule has 7 heteroatoms. The first kappa shape index (κ1) is 22.1. The van der Waals surface area contributed by atoms with Crippen molar-refractivity contribution in [1.29, 1.82) is 0 Å². The van der Waals surface area contributed by atoms with Crippen molar-refractivity contribution < 1.29 is 17.9 Å². The van der Waals surface area contributed by atoms with Gasteiger partial charge in [-0.05, 0) is 67.9 Å². The van der Waals surface area contributed by atoms with Crippen molar-refractivity contribution in [2.24, 2.45) is 0 Å². The highest BCUT2D eigenvalue weighted by Gasteiger charge is 2.20. The summed E-state index contributed by atoms with van der Waals surface area (Å²) in [4.78, 5) is 4.68. The van der Waals surface area contributed by atoms with Gasteiger partial charge in [0.25, 0.3) is 0 Å². The van der Waals surface area contributed by atoms with E-state index in [-0.39, 0.29) is 4.90 Å². The lowest BCUT2D eigenvalue weighted by molar-refractivity contribution is 0.419. The van der Waals surface area contributed by atoms with Crippen LogP contribution in [0.25, 0.3) is 22.0 Å². The Morgan fingerprint density at radius 3 is 2.41 bits per heavy atom. The van der Waals surface area contributed by atoms with Gasteiger partial charge in [0.2, 0.25) is 0 Å². The third kappa shape index (κ3) is 4.16. The summed E-state index contributed by atoms with van der Waals surface area (Å²) < 4.78 is 36.5. The second kappa shape index (κ2) is 8.81. The first-order valence-electron chi connectivity index (χ1n) is 10.0. The Bertz CT molecular complexity index is 1400. The molecule has 0 aliphatic rings. The fraction of sp³-hybridized carbons (Fsp3) is 0.160. The molecule has 4 aromatic rings. The van der Waals surface area contributed by atoms with E-state index in [4.69, 9.17) is 21.1 Å². The molecule has 0 unspecified atom stereocenters. The van der Waals surface area contributed by atoms with Crippen molar-refractivity contribution in [1.82, 2.24) is 4.98 Å². The maximum Gasteiger partial charge on any atom is 0.180 e. The van der Waals surface area contributed by atoms with Gasteiger partial charge in [0.15, 0.2) is 9.84 Å². The number of halogens is 1. The Labute approximate surface area is 192 Å². The van der Waals surface area contributed by atoms with Gasteiger partial charge in [-0.3, -0.25) is 4.98 Å². The quantitative estimate of drug-likeness (QED) is 0.322. The van der Waals surface area contributed by atoms with Crippen LogP contribution >= 0.6 is 11.6 Å². The van der Waals surface area contributed by atoms with Gasteiger partial charge in [-0.2, -0.15) is 0 Å². The van der Waals surface area contributed by atoms with E-state index in [1.165, 1.54) is 6.07 Å². The van der Waals surface area contributed by atoms with Gasteiger partial charge >= 0.3 is 0 Å². The van der Waals surface area contributed by atoms with Crippen molar-refractivity contribution in [2.75, 3.05) is 7.11 Å². The molecule has 1 heterocycles. The minimum Gasteiger partial charge on any atom is -0.494 e. The molecule has 0 saturated heterocycles. The number of benzene rings is 3. The molecule has 1 aromatic heterocycles. The van der Waals surface area contributed by atoms with Gasteiger partial charge in [-0.1, -0.05) is 29.8 Å². The number of hydrogen-bond donors (Lipinski definition) is 0. The van der Waals surface area contributed by atoms with Crippen molar-refractivity contribution in [3.8, 4) is 28.4 Å². The summed E-state index contributed by atoms with van der Waals surface area (Å²) in [6, 6.07) is 19.5. The SMILES string of the molecule is COc1cccc2c(-c3cc(Oc4cccc(S(=O)(=O)C(C)C)c4)ccc3Cl)ccnc12. The highest BCUT2D eigenvalue weighted by molar-refractivity contribution is 7.92. The number of sulfone groups is 1. The number of aromatic nitrogens is 1. The molecule has 0 N–H and O–H groups in total. The Morgan fingerprint density at radius 2 is 1.66 bits per heavy atom. The number of rotatable bonds is 6. The Hall–Kier alpha value is -3.09. The average molecular weight is 468 g/mol. The summed E-state index contributed by atoms with van der Waals surface area (Å²) >= 11 is 6.54. The lowest BCUT2D eigenvalue weighted by atomic mass is 10.0. The molecule has 32 heavy (non-hydrogen) atoms. The lowest BCUT2D eigenvalue weighted by Gasteiger charge is -2.13. The molecule has 0 saturated carbocycles. The Morgan fingerprint density at radius 1 is 0.906 bits per heavy atom. The van der Waals surface area contributed by atoms with Gasteiger partial charge < -0.3 is 9.47 Å². The smallest absolute Gasteiger partial charge is 0.180 e. The van der Waals surface area contributed by atoms with Crippen molar-refractivity contribution in [2.45, 2.75) is 24.0 Å². The maximum atomic E-state index is 12.5. The zero-order valence-electron chi connectivity index (χ0n) is 17.9. The predicted molar refractivity (Wildman–Crippen MR) is 128 cm³/mol. The topological polar surface area (TPSA) is 65.5 Å². The molecule has 0 spiro atoms. The molecule has 0 atom stereocenters. The molecule has 0 amide bonds. The van der Waals surface area contributed by atoms with E-state index in [9.17, 15) is 8.42 Å². The van der Waals surface area contributed by atoms with Crippen LogP contribution in [0.1, 0.15) is 13.8 Å².